The highest BCUT2D eigenvalue weighted by atomic mass is 32.2. The lowest BCUT2D eigenvalue weighted by molar-refractivity contribution is -0.125. The minimum absolute atomic E-state index is 0.115. The zero-order valence-corrected chi connectivity index (χ0v) is 18.2. The van der Waals surface area contributed by atoms with Gasteiger partial charge in [-0.15, -0.1) is 0 Å². The van der Waals surface area contributed by atoms with Crippen molar-refractivity contribution in [2.75, 3.05) is 19.8 Å². The van der Waals surface area contributed by atoms with E-state index in [1.165, 1.54) is 16.4 Å². The fourth-order valence-corrected chi connectivity index (χ4v) is 6.41. The second-order valence-corrected chi connectivity index (χ2v) is 10.1. The van der Waals surface area contributed by atoms with E-state index in [1.807, 2.05) is 11.7 Å². The van der Waals surface area contributed by atoms with Crippen LogP contribution in [0.25, 0.3) is 0 Å². The van der Waals surface area contributed by atoms with Crippen LogP contribution < -0.4 is 14.8 Å². The topological polar surface area (TPSA) is 103 Å². The van der Waals surface area contributed by atoms with Crippen molar-refractivity contribution in [3.8, 4) is 11.5 Å². The smallest absolute Gasteiger partial charge is 0.243 e. The van der Waals surface area contributed by atoms with Gasteiger partial charge in [-0.1, -0.05) is 0 Å². The molecular weight excluding hydrogens is 420 g/mol. The van der Waals surface area contributed by atoms with Crippen LogP contribution in [-0.2, 0) is 28.3 Å². The number of amides is 1. The average Bonchev–Trinajstić information content (AvgIpc) is 3.42. The molecule has 5 rings (SSSR count). The van der Waals surface area contributed by atoms with Gasteiger partial charge in [-0.3, -0.25) is 9.48 Å². The Balaban J connectivity index is 1.36. The van der Waals surface area contributed by atoms with Crippen LogP contribution in [0.3, 0.4) is 0 Å². The predicted molar refractivity (Wildman–Crippen MR) is 111 cm³/mol. The van der Waals surface area contributed by atoms with Crippen molar-refractivity contribution in [3.63, 3.8) is 0 Å². The van der Waals surface area contributed by atoms with Crippen LogP contribution in [0.15, 0.2) is 29.3 Å². The van der Waals surface area contributed by atoms with Crippen molar-refractivity contribution in [1.82, 2.24) is 19.4 Å². The Morgan fingerprint density at radius 2 is 1.97 bits per heavy atom. The molecule has 3 aliphatic rings. The summed E-state index contributed by atoms with van der Waals surface area (Å²) in [6.07, 6.45) is 5.67. The Bertz CT molecular complexity index is 1110. The summed E-state index contributed by atoms with van der Waals surface area (Å²) in [6.45, 7) is 1.13. The number of fused-ring (bicyclic) bond motifs is 2. The molecule has 1 aromatic heterocycles. The second kappa shape index (κ2) is 7.83. The standard InChI is InChI=1S/C21H26N4O5S/c1-24-17-5-2-4-16(15(17)13-22-24)23-21(26)18-6-3-9-25(18)31(27,28)14-7-8-19-20(12-14)30-11-10-29-19/h7-8,12-13,16,18H,2-6,9-11H2,1H3,(H,23,26)/t16-,18-/m1/s1. The number of aromatic nitrogens is 2. The van der Waals surface area contributed by atoms with E-state index in [9.17, 15) is 13.2 Å². The summed E-state index contributed by atoms with van der Waals surface area (Å²) in [5.41, 5.74) is 2.16. The summed E-state index contributed by atoms with van der Waals surface area (Å²) >= 11 is 0. The molecule has 1 aliphatic carbocycles. The Morgan fingerprint density at radius 1 is 1.16 bits per heavy atom. The van der Waals surface area contributed by atoms with E-state index in [1.54, 1.807) is 12.3 Å². The van der Waals surface area contributed by atoms with Gasteiger partial charge in [-0.05, 0) is 44.2 Å². The summed E-state index contributed by atoms with van der Waals surface area (Å²) in [7, 11) is -1.94. The third-order valence-corrected chi connectivity index (χ3v) is 8.22. The van der Waals surface area contributed by atoms with Crippen LogP contribution in [-0.4, -0.2) is 54.2 Å². The number of nitrogens with one attached hydrogen (secondary N) is 1. The van der Waals surface area contributed by atoms with Crippen molar-refractivity contribution in [1.29, 1.82) is 0 Å². The first kappa shape index (κ1) is 20.3. The molecule has 1 amide bonds. The van der Waals surface area contributed by atoms with Crippen molar-refractivity contribution >= 4 is 15.9 Å². The predicted octanol–water partition coefficient (Wildman–Crippen LogP) is 1.54. The molecule has 1 fully saturated rings. The van der Waals surface area contributed by atoms with Crippen molar-refractivity contribution < 1.29 is 22.7 Å². The van der Waals surface area contributed by atoms with Crippen LogP contribution in [0.2, 0.25) is 0 Å². The van der Waals surface area contributed by atoms with Crippen molar-refractivity contribution in [2.45, 2.75) is 49.1 Å². The lowest BCUT2D eigenvalue weighted by atomic mass is 9.92. The van der Waals surface area contributed by atoms with Crippen LogP contribution >= 0.6 is 0 Å². The first-order valence-corrected chi connectivity index (χ1v) is 12.1. The van der Waals surface area contributed by atoms with E-state index < -0.39 is 16.1 Å². The van der Waals surface area contributed by atoms with E-state index in [2.05, 4.69) is 10.4 Å². The Hall–Kier alpha value is -2.59. The van der Waals surface area contributed by atoms with Crippen molar-refractivity contribution in [2.24, 2.45) is 7.05 Å². The SMILES string of the molecule is Cn1ncc2c1CCC[C@H]2NC(=O)[C@H]1CCCN1S(=O)(=O)c1ccc2c(c1)OCCO2. The number of hydrogen-bond acceptors (Lipinski definition) is 6. The Kier molecular flexibility index (Phi) is 5.13. The number of carbonyl (C=O) groups is 1. The lowest BCUT2D eigenvalue weighted by Gasteiger charge is -2.28. The molecule has 0 radical (unpaired) electrons. The number of hydrogen-bond donors (Lipinski definition) is 1. The minimum Gasteiger partial charge on any atom is -0.486 e. The quantitative estimate of drug-likeness (QED) is 0.764. The van der Waals surface area contributed by atoms with Gasteiger partial charge in [-0.2, -0.15) is 9.40 Å². The van der Waals surface area contributed by atoms with Gasteiger partial charge in [0, 0.05) is 30.9 Å². The van der Waals surface area contributed by atoms with E-state index in [-0.39, 0.29) is 16.8 Å². The summed E-state index contributed by atoms with van der Waals surface area (Å²) in [5.74, 6) is 0.699. The molecule has 0 unspecified atom stereocenters. The van der Waals surface area contributed by atoms with Gasteiger partial charge < -0.3 is 14.8 Å². The van der Waals surface area contributed by atoms with Gasteiger partial charge in [-0.25, -0.2) is 8.42 Å². The van der Waals surface area contributed by atoms with Gasteiger partial charge in [0.15, 0.2) is 11.5 Å². The molecule has 1 saturated heterocycles. The fourth-order valence-electron chi connectivity index (χ4n) is 4.73. The summed E-state index contributed by atoms with van der Waals surface area (Å²) in [6, 6.07) is 3.75. The number of nitrogens with zero attached hydrogens (tertiary/aromatic N) is 3. The molecule has 10 heteroatoms. The molecule has 1 aromatic carbocycles. The Labute approximate surface area is 181 Å². The molecule has 31 heavy (non-hydrogen) atoms. The largest absolute Gasteiger partial charge is 0.486 e. The maximum absolute atomic E-state index is 13.4. The highest BCUT2D eigenvalue weighted by Gasteiger charge is 2.41. The Morgan fingerprint density at radius 3 is 2.81 bits per heavy atom. The third kappa shape index (κ3) is 3.57. The molecule has 0 saturated carbocycles. The molecule has 2 aliphatic heterocycles. The molecule has 2 atom stereocenters. The highest BCUT2D eigenvalue weighted by molar-refractivity contribution is 7.89. The second-order valence-electron chi connectivity index (χ2n) is 8.20. The first-order chi connectivity index (χ1) is 14.9. The van der Waals surface area contributed by atoms with Crippen LogP contribution in [0.4, 0.5) is 0 Å². The molecule has 1 N–H and O–H groups in total. The molecule has 0 bridgehead atoms. The summed E-state index contributed by atoms with van der Waals surface area (Å²) in [5, 5.41) is 7.41. The summed E-state index contributed by atoms with van der Waals surface area (Å²) in [4.78, 5) is 13.3. The maximum Gasteiger partial charge on any atom is 0.243 e. The average molecular weight is 447 g/mol. The molecule has 9 nitrogen and oxygen atoms in total. The zero-order chi connectivity index (χ0) is 21.6. The number of aryl methyl sites for hydroxylation is 1. The normalized spacial score (nSPS) is 23.4. The molecule has 2 aromatic rings. The van der Waals surface area contributed by atoms with Gasteiger partial charge in [0.05, 0.1) is 17.1 Å². The highest BCUT2D eigenvalue weighted by Crippen LogP contribution is 2.35. The summed E-state index contributed by atoms with van der Waals surface area (Å²) < 4.78 is 40.9. The third-order valence-electron chi connectivity index (χ3n) is 6.32. The number of sulfonamides is 1. The lowest BCUT2D eigenvalue weighted by Crippen LogP contribution is -2.47. The van der Waals surface area contributed by atoms with E-state index in [0.717, 1.165) is 30.5 Å². The number of carbonyl (C=O) groups excluding carboxylic acids is 1. The molecule has 0 spiro atoms. The van der Waals surface area contributed by atoms with Gasteiger partial charge in [0.1, 0.15) is 19.3 Å². The number of benzene rings is 1. The van der Waals surface area contributed by atoms with Gasteiger partial charge in [0.25, 0.3) is 0 Å². The van der Waals surface area contributed by atoms with E-state index >= 15 is 0 Å². The van der Waals surface area contributed by atoms with Crippen LogP contribution in [0, 0.1) is 0 Å². The fraction of sp³-hybridized carbons (Fsp3) is 0.524. The zero-order valence-electron chi connectivity index (χ0n) is 17.4. The molecular formula is C21H26N4O5S. The van der Waals surface area contributed by atoms with E-state index in [0.29, 0.717) is 44.1 Å². The van der Waals surface area contributed by atoms with Crippen LogP contribution in [0.5, 0.6) is 11.5 Å². The molecule has 3 heterocycles. The van der Waals surface area contributed by atoms with E-state index in [4.69, 9.17) is 9.47 Å². The number of ether oxygens (including phenoxy) is 2. The van der Waals surface area contributed by atoms with Crippen molar-refractivity contribution in [3.05, 3.63) is 35.7 Å². The minimum atomic E-state index is -3.84. The maximum atomic E-state index is 13.4. The van der Waals surface area contributed by atoms with Gasteiger partial charge >= 0.3 is 0 Å². The number of rotatable bonds is 4. The van der Waals surface area contributed by atoms with Crippen LogP contribution in [0.1, 0.15) is 43.0 Å². The molecule has 166 valence electrons. The monoisotopic (exact) mass is 446 g/mol. The first-order valence-electron chi connectivity index (χ1n) is 10.7. The van der Waals surface area contributed by atoms with Gasteiger partial charge in [0.2, 0.25) is 15.9 Å².